The van der Waals surface area contributed by atoms with Gasteiger partial charge in [0, 0.05) is 29.8 Å². The lowest BCUT2D eigenvalue weighted by Gasteiger charge is -2.09. The molecule has 0 unspecified atom stereocenters. The lowest BCUT2D eigenvalue weighted by Crippen LogP contribution is -2.15. The third-order valence-corrected chi connectivity index (χ3v) is 4.18. The monoisotopic (exact) mass is 338 g/mol. The summed E-state index contributed by atoms with van der Waals surface area (Å²) in [7, 11) is 3.12. The molecule has 1 N–H and O–H groups in total. The fourth-order valence-corrected chi connectivity index (χ4v) is 2.67. The average molecular weight is 338 g/mol. The minimum atomic E-state index is -0.307. The van der Waals surface area contributed by atoms with Gasteiger partial charge in [0.25, 0.3) is 5.91 Å². The predicted octanol–water partition coefficient (Wildman–Crippen LogP) is 2.88. The van der Waals surface area contributed by atoms with Gasteiger partial charge in [0.05, 0.1) is 26.1 Å². The Morgan fingerprint density at radius 2 is 1.88 bits per heavy atom. The maximum Gasteiger partial charge on any atom is 0.276 e. The smallest absolute Gasteiger partial charge is 0.276 e. The van der Waals surface area contributed by atoms with Crippen molar-refractivity contribution in [3.05, 3.63) is 47.9 Å². The Morgan fingerprint density at radius 1 is 1.16 bits per heavy atom. The number of rotatable bonds is 5. The summed E-state index contributed by atoms with van der Waals surface area (Å²) in [6.45, 7) is 0. The summed E-state index contributed by atoms with van der Waals surface area (Å²) in [4.78, 5) is 17.1. The molecule has 0 radical (unpaired) electrons. The van der Waals surface area contributed by atoms with E-state index in [1.807, 2.05) is 6.20 Å². The molecule has 1 aliphatic rings. The molecule has 0 atom stereocenters. The summed E-state index contributed by atoms with van der Waals surface area (Å²) in [6, 6.07) is 8.67. The molecule has 2 aromatic heterocycles. The third kappa shape index (κ3) is 3.13. The van der Waals surface area contributed by atoms with E-state index >= 15 is 0 Å². The zero-order valence-corrected chi connectivity index (χ0v) is 14.0. The highest BCUT2D eigenvalue weighted by molar-refractivity contribution is 6.03. The van der Waals surface area contributed by atoms with E-state index in [4.69, 9.17) is 9.47 Å². The molecule has 0 saturated heterocycles. The number of nitrogens with one attached hydrogen (secondary N) is 1. The Morgan fingerprint density at radius 3 is 2.52 bits per heavy atom. The lowest BCUT2D eigenvalue weighted by atomic mass is 10.2. The van der Waals surface area contributed by atoms with Gasteiger partial charge < -0.3 is 14.8 Å². The van der Waals surface area contributed by atoms with Crippen LogP contribution >= 0.6 is 0 Å². The van der Waals surface area contributed by atoms with Gasteiger partial charge in [-0.05, 0) is 25.0 Å². The van der Waals surface area contributed by atoms with Gasteiger partial charge in [0.15, 0.2) is 5.65 Å². The zero-order valence-electron chi connectivity index (χ0n) is 14.0. The zero-order chi connectivity index (χ0) is 17.4. The molecule has 1 aliphatic carbocycles. The third-order valence-electron chi connectivity index (χ3n) is 4.18. The molecule has 1 amide bonds. The van der Waals surface area contributed by atoms with Gasteiger partial charge in [0.2, 0.25) is 0 Å². The van der Waals surface area contributed by atoms with Crippen molar-refractivity contribution in [3.8, 4) is 11.5 Å². The molecule has 25 heavy (non-hydrogen) atoms. The normalized spacial score (nSPS) is 13.7. The number of hydrogen-bond acceptors (Lipinski definition) is 5. The number of carbonyl (C=O) groups is 1. The Bertz CT molecular complexity index is 924. The van der Waals surface area contributed by atoms with Crippen LogP contribution in [0.25, 0.3) is 5.65 Å². The first kappa shape index (κ1) is 15.4. The molecule has 3 aromatic rings. The minimum Gasteiger partial charge on any atom is -0.497 e. The number of anilines is 1. The molecule has 128 valence electrons. The van der Waals surface area contributed by atoms with Gasteiger partial charge in [-0.3, -0.25) is 4.79 Å². The van der Waals surface area contributed by atoms with E-state index < -0.39 is 0 Å². The molecular formula is C18H18N4O3. The molecular weight excluding hydrogens is 320 g/mol. The summed E-state index contributed by atoms with van der Waals surface area (Å²) in [5.41, 5.74) is 2.69. The largest absolute Gasteiger partial charge is 0.497 e. The summed E-state index contributed by atoms with van der Waals surface area (Å²) in [5.74, 6) is 1.44. The average Bonchev–Trinajstić information content (AvgIpc) is 3.39. The van der Waals surface area contributed by atoms with Crippen molar-refractivity contribution in [3.63, 3.8) is 0 Å². The van der Waals surface area contributed by atoms with Crippen LogP contribution in [0.3, 0.4) is 0 Å². The molecule has 7 heteroatoms. The SMILES string of the molecule is COc1cc(NC(=O)c2ccc3nc(C4CC4)cn3n2)cc(OC)c1. The fourth-order valence-electron chi connectivity index (χ4n) is 2.67. The van der Waals surface area contributed by atoms with E-state index in [-0.39, 0.29) is 5.91 Å². The number of nitrogens with zero attached hydrogens (tertiary/aromatic N) is 3. The number of amides is 1. The highest BCUT2D eigenvalue weighted by Crippen LogP contribution is 2.39. The first-order valence-corrected chi connectivity index (χ1v) is 8.07. The minimum absolute atomic E-state index is 0.307. The van der Waals surface area contributed by atoms with E-state index in [0.29, 0.717) is 28.8 Å². The summed E-state index contributed by atoms with van der Waals surface area (Å²) in [6.07, 6.45) is 4.25. The van der Waals surface area contributed by atoms with Crippen LogP contribution in [0.15, 0.2) is 36.5 Å². The van der Waals surface area contributed by atoms with Crippen LogP contribution in [0.5, 0.6) is 11.5 Å². The molecule has 1 aromatic carbocycles. The Labute approximate surface area is 144 Å². The van der Waals surface area contributed by atoms with Crippen molar-refractivity contribution in [2.45, 2.75) is 18.8 Å². The van der Waals surface area contributed by atoms with Crippen LogP contribution in [-0.4, -0.2) is 34.7 Å². The predicted molar refractivity (Wildman–Crippen MR) is 92.5 cm³/mol. The lowest BCUT2D eigenvalue weighted by molar-refractivity contribution is 0.102. The molecule has 7 nitrogen and oxygen atoms in total. The molecule has 0 bridgehead atoms. The van der Waals surface area contributed by atoms with Crippen LogP contribution in [0, 0.1) is 0 Å². The highest BCUT2D eigenvalue weighted by Gasteiger charge is 2.26. The molecule has 2 heterocycles. The van der Waals surface area contributed by atoms with E-state index in [2.05, 4.69) is 15.4 Å². The Balaban J connectivity index is 1.59. The summed E-state index contributed by atoms with van der Waals surface area (Å²) in [5, 5.41) is 7.19. The first-order chi connectivity index (χ1) is 12.2. The topological polar surface area (TPSA) is 77.8 Å². The number of methoxy groups -OCH3 is 2. The summed E-state index contributed by atoms with van der Waals surface area (Å²) < 4.78 is 12.1. The van der Waals surface area contributed by atoms with Crippen LogP contribution in [-0.2, 0) is 0 Å². The van der Waals surface area contributed by atoms with Crippen molar-refractivity contribution in [2.24, 2.45) is 0 Å². The van der Waals surface area contributed by atoms with Crippen LogP contribution in [0.2, 0.25) is 0 Å². The Hall–Kier alpha value is -3.09. The van der Waals surface area contributed by atoms with Crippen LogP contribution < -0.4 is 14.8 Å². The van der Waals surface area contributed by atoms with E-state index in [9.17, 15) is 4.79 Å². The van der Waals surface area contributed by atoms with Crippen molar-refractivity contribution >= 4 is 17.2 Å². The van der Waals surface area contributed by atoms with Crippen LogP contribution in [0.1, 0.15) is 34.9 Å². The van der Waals surface area contributed by atoms with Gasteiger partial charge in [-0.25, -0.2) is 9.50 Å². The van der Waals surface area contributed by atoms with Crippen molar-refractivity contribution in [1.29, 1.82) is 0 Å². The molecule has 0 spiro atoms. The molecule has 0 aliphatic heterocycles. The highest BCUT2D eigenvalue weighted by atomic mass is 16.5. The van der Waals surface area contributed by atoms with E-state index in [0.717, 1.165) is 11.3 Å². The van der Waals surface area contributed by atoms with Gasteiger partial charge in [-0.2, -0.15) is 5.10 Å². The van der Waals surface area contributed by atoms with Crippen molar-refractivity contribution in [2.75, 3.05) is 19.5 Å². The number of aromatic nitrogens is 3. The summed E-state index contributed by atoms with van der Waals surface area (Å²) >= 11 is 0. The second-order valence-electron chi connectivity index (χ2n) is 6.02. The maximum absolute atomic E-state index is 12.5. The van der Waals surface area contributed by atoms with Crippen molar-refractivity contribution in [1.82, 2.24) is 14.6 Å². The van der Waals surface area contributed by atoms with Gasteiger partial charge in [-0.15, -0.1) is 0 Å². The number of carbonyl (C=O) groups excluding carboxylic acids is 1. The quantitative estimate of drug-likeness (QED) is 0.774. The second kappa shape index (κ2) is 6.08. The number of hydrogen-bond donors (Lipinski definition) is 1. The van der Waals surface area contributed by atoms with Gasteiger partial charge in [0.1, 0.15) is 17.2 Å². The van der Waals surface area contributed by atoms with E-state index in [1.165, 1.54) is 12.8 Å². The molecule has 1 fully saturated rings. The fraction of sp³-hybridized carbons (Fsp3) is 0.278. The van der Waals surface area contributed by atoms with E-state index in [1.54, 1.807) is 49.1 Å². The number of imidazole rings is 1. The van der Waals surface area contributed by atoms with Crippen LogP contribution in [0.4, 0.5) is 5.69 Å². The number of ether oxygens (including phenoxy) is 2. The van der Waals surface area contributed by atoms with Crippen molar-refractivity contribution < 1.29 is 14.3 Å². The first-order valence-electron chi connectivity index (χ1n) is 8.07. The number of fused-ring (bicyclic) bond motifs is 1. The Kier molecular flexibility index (Phi) is 3.76. The standard InChI is InChI=1S/C18H18N4O3/c1-24-13-7-12(8-14(9-13)25-2)19-18(23)15-5-6-17-20-16(11-3-4-11)10-22(17)21-15/h5-11H,3-4H2,1-2H3,(H,19,23). The second-order valence-corrected chi connectivity index (χ2v) is 6.02. The molecule has 1 saturated carbocycles. The van der Waals surface area contributed by atoms with Gasteiger partial charge in [-0.1, -0.05) is 0 Å². The number of benzene rings is 1. The molecule has 4 rings (SSSR count). The van der Waals surface area contributed by atoms with Gasteiger partial charge >= 0.3 is 0 Å². The maximum atomic E-state index is 12.5.